The molecular weight excluding hydrogens is 294 g/mol. The van der Waals surface area contributed by atoms with Crippen LogP contribution < -0.4 is 10.1 Å². The third kappa shape index (κ3) is 3.46. The van der Waals surface area contributed by atoms with Crippen LogP contribution in [0, 0.1) is 0 Å². The van der Waals surface area contributed by atoms with E-state index in [0.29, 0.717) is 5.82 Å². The molecule has 7 nitrogen and oxygen atoms in total. The van der Waals surface area contributed by atoms with Crippen molar-refractivity contribution in [2.45, 2.75) is 0 Å². The molecule has 7 heteroatoms. The van der Waals surface area contributed by atoms with E-state index in [0.717, 1.165) is 17.1 Å². The fraction of sp³-hybridized carbons (Fsp3) is 0.0625. The van der Waals surface area contributed by atoms with Crippen molar-refractivity contribution in [3.63, 3.8) is 0 Å². The second-order valence-corrected chi connectivity index (χ2v) is 4.67. The van der Waals surface area contributed by atoms with E-state index >= 15 is 0 Å². The van der Waals surface area contributed by atoms with Crippen molar-refractivity contribution in [2.24, 2.45) is 0 Å². The Balaban J connectivity index is 1.75. The molecule has 116 valence electrons. The van der Waals surface area contributed by atoms with E-state index in [1.165, 1.54) is 0 Å². The molecule has 1 aromatic heterocycles. The van der Waals surface area contributed by atoms with Crippen molar-refractivity contribution in [1.82, 2.24) is 20.2 Å². The number of nitrogens with zero attached hydrogens (tertiary/aromatic N) is 4. The van der Waals surface area contributed by atoms with Crippen LogP contribution in [-0.2, 0) is 0 Å². The van der Waals surface area contributed by atoms with Gasteiger partial charge in [-0.15, -0.1) is 5.10 Å². The summed E-state index contributed by atoms with van der Waals surface area (Å²) in [5.74, 6) is 1.58. The van der Waals surface area contributed by atoms with Crippen LogP contribution in [0.2, 0.25) is 0 Å². The van der Waals surface area contributed by atoms with E-state index in [4.69, 9.17) is 4.74 Å². The maximum Gasteiger partial charge on any atom is 0.181 e. The number of phenols is 1. The molecule has 0 amide bonds. The number of methoxy groups -OCH3 is 1. The minimum atomic E-state index is 0.225. The molecule has 0 aliphatic heterocycles. The minimum absolute atomic E-state index is 0.225. The number of ether oxygens (including phenoxy) is 1. The fourth-order valence-electron chi connectivity index (χ4n) is 1.98. The molecule has 0 atom stereocenters. The first kappa shape index (κ1) is 14.6. The maximum absolute atomic E-state index is 9.25. The van der Waals surface area contributed by atoms with E-state index in [1.807, 2.05) is 24.3 Å². The van der Waals surface area contributed by atoms with Gasteiger partial charge in [-0.05, 0) is 59.0 Å². The lowest BCUT2D eigenvalue weighted by Gasteiger charge is -2.04. The van der Waals surface area contributed by atoms with Crippen molar-refractivity contribution in [1.29, 1.82) is 0 Å². The number of hydrogen-bond donors (Lipinski definition) is 2. The maximum atomic E-state index is 9.25. The fourth-order valence-corrected chi connectivity index (χ4v) is 1.98. The molecule has 0 radical (unpaired) electrons. The number of aromatic hydroxyl groups is 1. The molecule has 0 spiro atoms. The second kappa shape index (κ2) is 6.61. The summed E-state index contributed by atoms with van der Waals surface area (Å²) >= 11 is 0. The summed E-state index contributed by atoms with van der Waals surface area (Å²) in [7, 11) is 1.62. The molecular formula is C16H15N5O2. The number of rotatable bonds is 5. The van der Waals surface area contributed by atoms with Crippen LogP contribution in [0.3, 0.4) is 0 Å². The van der Waals surface area contributed by atoms with Crippen molar-refractivity contribution < 1.29 is 9.84 Å². The highest BCUT2D eigenvalue weighted by atomic mass is 16.5. The smallest absolute Gasteiger partial charge is 0.181 e. The highest BCUT2D eigenvalue weighted by Gasteiger charge is 2.05. The minimum Gasteiger partial charge on any atom is -0.508 e. The lowest BCUT2D eigenvalue weighted by atomic mass is 10.3. The highest BCUT2D eigenvalue weighted by molar-refractivity contribution is 5.53. The van der Waals surface area contributed by atoms with Gasteiger partial charge in [-0.25, -0.2) is 0 Å². The first-order valence-corrected chi connectivity index (χ1v) is 6.91. The average molecular weight is 309 g/mol. The van der Waals surface area contributed by atoms with Gasteiger partial charge in [0.2, 0.25) is 0 Å². The Morgan fingerprint density at radius 2 is 1.83 bits per heavy atom. The third-order valence-electron chi connectivity index (χ3n) is 3.16. The lowest BCUT2D eigenvalue weighted by molar-refractivity contribution is 0.414. The highest BCUT2D eigenvalue weighted by Crippen LogP contribution is 2.16. The topological polar surface area (TPSA) is 85.1 Å². The molecule has 0 fully saturated rings. The Kier molecular flexibility index (Phi) is 4.19. The van der Waals surface area contributed by atoms with Crippen LogP contribution in [0.1, 0.15) is 5.82 Å². The SMILES string of the molecule is COc1ccc(-n2nnnc2/C=C/Nc2ccc(O)cc2)cc1. The standard InChI is InChI=1S/C16H15N5O2/c1-23-15-8-4-13(5-9-15)21-16(18-19-20-21)10-11-17-12-2-6-14(22)7-3-12/h2-11,17,22H,1H3/b11-10+. The van der Waals surface area contributed by atoms with E-state index in [9.17, 15) is 5.11 Å². The molecule has 0 saturated carbocycles. The van der Waals surface area contributed by atoms with Gasteiger partial charge < -0.3 is 15.2 Å². The molecule has 0 unspecified atom stereocenters. The van der Waals surface area contributed by atoms with Gasteiger partial charge >= 0.3 is 0 Å². The molecule has 2 N–H and O–H groups in total. The van der Waals surface area contributed by atoms with Crippen LogP contribution >= 0.6 is 0 Å². The Hall–Kier alpha value is -3.35. The zero-order valence-corrected chi connectivity index (χ0v) is 12.4. The van der Waals surface area contributed by atoms with Gasteiger partial charge in [0.15, 0.2) is 5.82 Å². The average Bonchev–Trinajstić information content (AvgIpc) is 3.05. The van der Waals surface area contributed by atoms with Gasteiger partial charge in [0.25, 0.3) is 0 Å². The predicted octanol–water partition coefficient (Wildman–Crippen LogP) is 2.46. The predicted molar refractivity (Wildman–Crippen MR) is 86.5 cm³/mol. The summed E-state index contributed by atoms with van der Waals surface area (Å²) in [6, 6.07) is 14.2. The van der Waals surface area contributed by atoms with Crippen molar-refractivity contribution in [3.8, 4) is 17.2 Å². The van der Waals surface area contributed by atoms with E-state index < -0.39 is 0 Å². The van der Waals surface area contributed by atoms with Crippen LogP contribution in [0.4, 0.5) is 5.69 Å². The van der Waals surface area contributed by atoms with Crippen LogP contribution in [0.25, 0.3) is 11.8 Å². The number of phenolic OH excluding ortho intramolecular Hbond substituents is 1. The van der Waals surface area contributed by atoms with E-state index in [-0.39, 0.29) is 5.75 Å². The van der Waals surface area contributed by atoms with Gasteiger partial charge in [-0.1, -0.05) is 0 Å². The molecule has 0 saturated heterocycles. The van der Waals surface area contributed by atoms with Crippen LogP contribution in [0.5, 0.6) is 11.5 Å². The number of nitrogens with one attached hydrogen (secondary N) is 1. The largest absolute Gasteiger partial charge is 0.508 e. The summed E-state index contributed by atoms with van der Waals surface area (Å²) in [6.45, 7) is 0. The number of benzene rings is 2. The number of aromatic nitrogens is 4. The Labute approximate surface area is 132 Å². The first-order valence-electron chi connectivity index (χ1n) is 6.91. The molecule has 1 heterocycles. The number of hydrogen-bond acceptors (Lipinski definition) is 6. The molecule has 0 aliphatic carbocycles. The van der Waals surface area contributed by atoms with Gasteiger partial charge in [0.1, 0.15) is 11.5 Å². The first-order chi connectivity index (χ1) is 11.3. The van der Waals surface area contributed by atoms with Crippen molar-refractivity contribution >= 4 is 11.8 Å². The van der Waals surface area contributed by atoms with Crippen LogP contribution in [0.15, 0.2) is 54.7 Å². The van der Waals surface area contributed by atoms with Gasteiger partial charge in [0, 0.05) is 18.0 Å². The molecule has 3 aromatic rings. The summed E-state index contributed by atoms with van der Waals surface area (Å²) < 4.78 is 6.76. The van der Waals surface area contributed by atoms with Crippen molar-refractivity contribution in [2.75, 3.05) is 12.4 Å². The quantitative estimate of drug-likeness (QED) is 0.704. The molecule has 2 aromatic carbocycles. The summed E-state index contributed by atoms with van der Waals surface area (Å²) in [6.07, 6.45) is 3.50. The lowest BCUT2D eigenvalue weighted by Crippen LogP contribution is -2.00. The van der Waals surface area contributed by atoms with Crippen molar-refractivity contribution in [3.05, 3.63) is 60.6 Å². The summed E-state index contributed by atoms with van der Waals surface area (Å²) in [5, 5.41) is 24.0. The normalized spacial score (nSPS) is 10.8. The monoisotopic (exact) mass is 309 g/mol. The molecule has 0 aliphatic rings. The molecule has 3 rings (SSSR count). The van der Waals surface area contributed by atoms with Gasteiger partial charge in [-0.3, -0.25) is 0 Å². The van der Waals surface area contributed by atoms with E-state index in [2.05, 4.69) is 20.8 Å². The second-order valence-electron chi connectivity index (χ2n) is 4.67. The zero-order chi connectivity index (χ0) is 16.1. The van der Waals surface area contributed by atoms with Gasteiger partial charge in [-0.2, -0.15) is 4.68 Å². The molecule has 0 bridgehead atoms. The molecule has 23 heavy (non-hydrogen) atoms. The van der Waals surface area contributed by atoms with Crippen LogP contribution in [-0.4, -0.2) is 32.4 Å². The Morgan fingerprint density at radius 3 is 2.52 bits per heavy atom. The zero-order valence-electron chi connectivity index (χ0n) is 12.4. The number of anilines is 1. The third-order valence-corrected chi connectivity index (χ3v) is 3.16. The Bertz CT molecular complexity index is 794. The summed E-state index contributed by atoms with van der Waals surface area (Å²) in [4.78, 5) is 0. The van der Waals surface area contributed by atoms with E-state index in [1.54, 1.807) is 48.3 Å². The van der Waals surface area contributed by atoms with Gasteiger partial charge in [0.05, 0.1) is 12.8 Å². The number of tetrazole rings is 1. The summed E-state index contributed by atoms with van der Waals surface area (Å²) in [5.41, 5.74) is 1.68. The Morgan fingerprint density at radius 1 is 1.09 bits per heavy atom.